The summed E-state index contributed by atoms with van der Waals surface area (Å²) in [6, 6.07) is 0.606. The van der Waals surface area contributed by atoms with E-state index < -0.39 is 0 Å². The van der Waals surface area contributed by atoms with E-state index in [-0.39, 0.29) is 0 Å². The number of likely N-dealkylation sites (N-methyl/N-ethyl adjacent to an activating group) is 2. The maximum atomic E-state index is 3.19. The maximum absolute atomic E-state index is 3.19. The summed E-state index contributed by atoms with van der Waals surface area (Å²) in [5.74, 6) is 1.06. The zero-order chi connectivity index (χ0) is 11.0. The van der Waals surface area contributed by atoms with Gasteiger partial charge in [-0.1, -0.05) is 33.1 Å². The summed E-state index contributed by atoms with van der Waals surface area (Å²) < 4.78 is 0. The lowest BCUT2D eigenvalue weighted by Gasteiger charge is -2.18. The van der Waals surface area contributed by atoms with Gasteiger partial charge in [-0.15, -0.1) is 0 Å². The molecule has 1 aliphatic rings. The highest BCUT2D eigenvalue weighted by Gasteiger charge is 2.09. The molecule has 0 heterocycles. The Hall–Kier alpha value is -0.0800. The Labute approximate surface area is 90.1 Å². The third-order valence-electron chi connectivity index (χ3n) is 3.01. The van der Waals surface area contributed by atoms with Gasteiger partial charge in [-0.3, -0.25) is 0 Å². The lowest BCUT2D eigenvalue weighted by Crippen LogP contribution is -2.35. The van der Waals surface area contributed by atoms with Gasteiger partial charge < -0.3 is 10.2 Å². The van der Waals surface area contributed by atoms with Crippen LogP contribution in [0.2, 0.25) is 0 Å². The first-order valence-corrected chi connectivity index (χ1v) is 5.95. The fourth-order valence-corrected chi connectivity index (χ4v) is 1.30. The molecule has 2 nitrogen and oxygen atoms in total. The molecule has 1 unspecified atom stereocenters. The van der Waals surface area contributed by atoms with Crippen LogP contribution < -0.4 is 5.32 Å². The van der Waals surface area contributed by atoms with Gasteiger partial charge in [-0.25, -0.2) is 0 Å². The van der Waals surface area contributed by atoms with E-state index in [0.29, 0.717) is 6.04 Å². The molecule has 0 aromatic carbocycles. The minimum absolute atomic E-state index is 0.606. The third-order valence-corrected chi connectivity index (χ3v) is 3.01. The maximum Gasteiger partial charge on any atom is 0.0163 e. The summed E-state index contributed by atoms with van der Waals surface area (Å²) in [4.78, 5) is 2.29. The lowest BCUT2D eigenvalue weighted by atomic mass is 9.88. The molecule has 1 saturated carbocycles. The predicted molar refractivity (Wildman–Crippen MR) is 64.7 cm³/mol. The van der Waals surface area contributed by atoms with E-state index in [2.05, 4.69) is 38.0 Å². The standard InChI is InChI=1S/C7H18N2.C5H10/c1-5-9(4)6-7(2)8-3;1-5-3-2-4-5/h7-8H,5-6H2,1-4H3;5H,2-4H2,1H3. The topological polar surface area (TPSA) is 15.3 Å². The Balaban J connectivity index is 0.000000280. The van der Waals surface area contributed by atoms with Crippen molar-refractivity contribution in [3.8, 4) is 0 Å². The van der Waals surface area contributed by atoms with Crippen LogP contribution in [0.5, 0.6) is 0 Å². The van der Waals surface area contributed by atoms with E-state index in [1.54, 1.807) is 0 Å². The third kappa shape index (κ3) is 7.34. The van der Waals surface area contributed by atoms with Gasteiger partial charge in [0, 0.05) is 12.6 Å². The van der Waals surface area contributed by atoms with E-state index in [9.17, 15) is 0 Å². The summed E-state index contributed by atoms with van der Waals surface area (Å²) in [7, 11) is 4.13. The average Bonchev–Trinajstić information content (AvgIpc) is 2.15. The van der Waals surface area contributed by atoms with Crippen LogP contribution in [0.4, 0.5) is 0 Å². The summed E-state index contributed by atoms with van der Waals surface area (Å²) in [6.45, 7) is 8.93. The van der Waals surface area contributed by atoms with Crippen molar-refractivity contribution < 1.29 is 0 Å². The molecule has 0 aromatic rings. The molecule has 1 fully saturated rings. The van der Waals surface area contributed by atoms with Crippen LogP contribution in [0.1, 0.15) is 40.0 Å². The second-order valence-electron chi connectivity index (χ2n) is 4.58. The van der Waals surface area contributed by atoms with E-state index >= 15 is 0 Å². The molecule has 1 atom stereocenters. The van der Waals surface area contributed by atoms with Gasteiger partial charge in [0.05, 0.1) is 0 Å². The van der Waals surface area contributed by atoms with E-state index in [1.807, 2.05) is 7.05 Å². The number of hydrogen-bond donors (Lipinski definition) is 1. The van der Waals surface area contributed by atoms with Crippen LogP contribution in [-0.2, 0) is 0 Å². The van der Waals surface area contributed by atoms with Gasteiger partial charge in [0.15, 0.2) is 0 Å². The molecule has 0 bridgehead atoms. The molecule has 0 saturated heterocycles. The van der Waals surface area contributed by atoms with Crippen molar-refractivity contribution in [3.63, 3.8) is 0 Å². The lowest BCUT2D eigenvalue weighted by molar-refractivity contribution is 0.317. The zero-order valence-electron chi connectivity index (χ0n) is 10.6. The fourth-order valence-electron chi connectivity index (χ4n) is 1.30. The molecule has 1 aliphatic carbocycles. The van der Waals surface area contributed by atoms with Crippen LogP contribution in [0.25, 0.3) is 0 Å². The zero-order valence-corrected chi connectivity index (χ0v) is 10.6. The van der Waals surface area contributed by atoms with Gasteiger partial charge in [0.1, 0.15) is 0 Å². The van der Waals surface area contributed by atoms with E-state index in [4.69, 9.17) is 0 Å². The summed E-state index contributed by atoms with van der Waals surface area (Å²) in [5.41, 5.74) is 0. The van der Waals surface area contributed by atoms with Crippen LogP contribution in [0.15, 0.2) is 0 Å². The Morgan fingerprint density at radius 2 is 1.93 bits per heavy atom. The molecule has 0 aliphatic heterocycles. The Kier molecular flexibility index (Phi) is 8.20. The van der Waals surface area contributed by atoms with Crippen molar-refractivity contribution in [3.05, 3.63) is 0 Å². The fraction of sp³-hybridized carbons (Fsp3) is 1.00. The Morgan fingerprint density at radius 1 is 1.43 bits per heavy atom. The van der Waals surface area contributed by atoms with Crippen LogP contribution in [0.3, 0.4) is 0 Å². The van der Waals surface area contributed by atoms with Gasteiger partial charge in [-0.05, 0) is 33.5 Å². The van der Waals surface area contributed by atoms with Crippen molar-refractivity contribution in [2.45, 2.75) is 46.1 Å². The monoisotopic (exact) mass is 200 g/mol. The van der Waals surface area contributed by atoms with Gasteiger partial charge in [0.2, 0.25) is 0 Å². The number of nitrogens with zero attached hydrogens (tertiary/aromatic N) is 1. The van der Waals surface area contributed by atoms with Crippen molar-refractivity contribution in [2.24, 2.45) is 5.92 Å². The van der Waals surface area contributed by atoms with E-state index in [0.717, 1.165) is 19.0 Å². The van der Waals surface area contributed by atoms with Crippen LogP contribution in [-0.4, -0.2) is 38.1 Å². The van der Waals surface area contributed by atoms with Gasteiger partial charge >= 0.3 is 0 Å². The highest BCUT2D eigenvalue weighted by molar-refractivity contribution is 4.62. The molecule has 1 rings (SSSR count). The Morgan fingerprint density at radius 3 is 2.14 bits per heavy atom. The number of hydrogen-bond acceptors (Lipinski definition) is 2. The SMILES string of the molecule is CC1CCC1.CCN(C)CC(C)NC. The van der Waals surface area contributed by atoms with Crippen molar-refractivity contribution in [1.82, 2.24) is 10.2 Å². The first kappa shape index (κ1) is 13.9. The van der Waals surface area contributed by atoms with Gasteiger partial charge in [0.25, 0.3) is 0 Å². The quantitative estimate of drug-likeness (QED) is 0.749. The van der Waals surface area contributed by atoms with Gasteiger partial charge in [-0.2, -0.15) is 0 Å². The average molecular weight is 200 g/mol. The molecule has 1 N–H and O–H groups in total. The highest BCUT2D eigenvalue weighted by Crippen LogP contribution is 2.24. The smallest absolute Gasteiger partial charge is 0.0163 e. The van der Waals surface area contributed by atoms with Crippen LogP contribution >= 0.6 is 0 Å². The summed E-state index contributed by atoms with van der Waals surface area (Å²) in [6.07, 6.45) is 4.46. The summed E-state index contributed by atoms with van der Waals surface area (Å²) in [5, 5.41) is 3.19. The number of nitrogens with one attached hydrogen (secondary N) is 1. The second-order valence-corrected chi connectivity index (χ2v) is 4.58. The molecule has 14 heavy (non-hydrogen) atoms. The Bertz CT molecular complexity index is 113. The first-order chi connectivity index (χ1) is 6.60. The molecule has 2 heteroatoms. The molecule has 0 radical (unpaired) electrons. The second kappa shape index (κ2) is 8.25. The predicted octanol–water partition coefficient (Wildman–Crippen LogP) is 2.35. The highest BCUT2D eigenvalue weighted by atomic mass is 15.1. The minimum Gasteiger partial charge on any atom is -0.316 e. The van der Waals surface area contributed by atoms with E-state index in [1.165, 1.54) is 19.3 Å². The molecule has 0 spiro atoms. The largest absolute Gasteiger partial charge is 0.316 e. The van der Waals surface area contributed by atoms with Crippen molar-refractivity contribution >= 4 is 0 Å². The summed E-state index contributed by atoms with van der Waals surface area (Å²) >= 11 is 0. The van der Waals surface area contributed by atoms with Crippen molar-refractivity contribution in [2.75, 3.05) is 27.2 Å². The number of rotatable bonds is 4. The molecule has 0 amide bonds. The minimum atomic E-state index is 0.606. The first-order valence-electron chi connectivity index (χ1n) is 5.95. The van der Waals surface area contributed by atoms with Crippen molar-refractivity contribution in [1.29, 1.82) is 0 Å². The molecule has 86 valence electrons. The normalized spacial score (nSPS) is 18.4. The molecular weight excluding hydrogens is 172 g/mol. The molecular formula is C12H28N2. The molecule has 0 aromatic heterocycles. The van der Waals surface area contributed by atoms with Crippen LogP contribution in [0, 0.1) is 5.92 Å².